The average molecular weight is 327 g/mol. The van der Waals surface area contributed by atoms with Crippen molar-refractivity contribution >= 4 is 28.5 Å². The molecule has 1 aliphatic rings. The molecule has 1 aliphatic heterocycles. The summed E-state index contributed by atoms with van der Waals surface area (Å²) in [4.78, 5) is 16.1. The number of rotatable bonds is 3. The number of anilines is 1. The molecule has 0 saturated heterocycles. The van der Waals surface area contributed by atoms with Crippen molar-refractivity contribution < 1.29 is 14.3 Å². The molecule has 0 spiro atoms. The molecule has 0 unspecified atom stereocenters. The quantitative estimate of drug-likeness (QED) is 0.692. The molecule has 23 heavy (non-hydrogen) atoms. The van der Waals surface area contributed by atoms with E-state index in [9.17, 15) is 10.1 Å². The number of benzene rings is 1. The Kier molecular flexibility index (Phi) is 4.54. The normalized spacial score (nSPS) is 13.8. The highest BCUT2D eigenvalue weighted by atomic mass is 32.1. The minimum absolute atomic E-state index is 0.0264. The van der Waals surface area contributed by atoms with Gasteiger partial charge < -0.3 is 9.47 Å². The molecule has 116 valence electrons. The fraction of sp³-hybridized carbons (Fsp3) is 0.188. The van der Waals surface area contributed by atoms with E-state index in [-0.39, 0.29) is 5.57 Å². The third-order valence-electron chi connectivity index (χ3n) is 3.12. The Morgan fingerprint density at radius 3 is 3.04 bits per heavy atom. The number of hydrogen-bond acceptors (Lipinski definition) is 6. The largest absolute Gasteiger partial charge is 0.490 e. The molecule has 0 fully saturated rings. The predicted molar refractivity (Wildman–Crippen MR) is 86.4 cm³/mol. The summed E-state index contributed by atoms with van der Waals surface area (Å²) in [5.74, 6) is 0.670. The lowest BCUT2D eigenvalue weighted by atomic mass is 10.1. The second-order valence-corrected chi connectivity index (χ2v) is 5.58. The molecule has 1 aromatic heterocycles. The summed E-state index contributed by atoms with van der Waals surface area (Å²) in [7, 11) is 0. The number of thiazole rings is 1. The highest BCUT2D eigenvalue weighted by Crippen LogP contribution is 2.34. The lowest BCUT2D eigenvalue weighted by Gasteiger charge is -2.10. The number of nitriles is 1. The van der Waals surface area contributed by atoms with Gasteiger partial charge in [0.1, 0.15) is 11.6 Å². The Bertz CT molecular complexity index is 778. The topological polar surface area (TPSA) is 84.2 Å². The number of amides is 1. The van der Waals surface area contributed by atoms with Gasteiger partial charge in [-0.15, -0.1) is 11.3 Å². The van der Waals surface area contributed by atoms with Gasteiger partial charge in [0.2, 0.25) is 0 Å². The van der Waals surface area contributed by atoms with Crippen LogP contribution in [-0.4, -0.2) is 24.1 Å². The standard InChI is InChI=1S/C16H13N3O3S/c17-10-12(15(20)19-16-18-5-8-23-16)9-11-3-1-4-13-14(11)22-7-2-6-21-13/h1,3-5,8-9H,2,6-7H2,(H,18,19,20). The van der Waals surface area contributed by atoms with Crippen molar-refractivity contribution in [1.82, 2.24) is 4.98 Å². The van der Waals surface area contributed by atoms with Gasteiger partial charge in [-0.2, -0.15) is 5.26 Å². The maximum atomic E-state index is 12.2. The zero-order valence-electron chi connectivity index (χ0n) is 12.1. The van der Waals surface area contributed by atoms with Gasteiger partial charge in [0.15, 0.2) is 16.6 Å². The van der Waals surface area contributed by atoms with Crippen LogP contribution in [0.15, 0.2) is 35.3 Å². The molecule has 6 nitrogen and oxygen atoms in total. The molecule has 2 heterocycles. The SMILES string of the molecule is N#CC(=Cc1cccc2c1OCCCO2)C(=O)Nc1nccs1. The molecule has 0 atom stereocenters. The fourth-order valence-corrected chi connectivity index (χ4v) is 2.61. The van der Waals surface area contributed by atoms with Crippen molar-refractivity contribution in [2.75, 3.05) is 18.5 Å². The van der Waals surface area contributed by atoms with Crippen LogP contribution in [0.5, 0.6) is 11.5 Å². The first-order chi connectivity index (χ1) is 11.3. The van der Waals surface area contributed by atoms with E-state index in [4.69, 9.17) is 9.47 Å². The molecule has 0 aliphatic carbocycles. The fourth-order valence-electron chi connectivity index (χ4n) is 2.08. The number of nitrogens with one attached hydrogen (secondary N) is 1. The van der Waals surface area contributed by atoms with Gasteiger partial charge >= 0.3 is 0 Å². The highest BCUT2D eigenvalue weighted by molar-refractivity contribution is 7.13. The Labute approximate surface area is 137 Å². The van der Waals surface area contributed by atoms with Crippen LogP contribution in [0.2, 0.25) is 0 Å². The number of hydrogen-bond donors (Lipinski definition) is 1. The van der Waals surface area contributed by atoms with Gasteiger partial charge in [0.25, 0.3) is 5.91 Å². The molecule has 1 aromatic carbocycles. The first-order valence-corrected chi connectivity index (χ1v) is 7.87. The third-order valence-corrected chi connectivity index (χ3v) is 3.81. The molecule has 7 heteroatoms. The van der Waals surface area contributed by atoms with Crippen molar-refractivity contribution in [3.8, 4) is 17.6 Å². The lowest BCUT2D eigenvalue weighted by molar-refractivity contribution is -0.112. The Hall–Kier alpha value is -2.85. The predicted octanol–water partition coefficient (Wildman–Crippen LogP) is 2.85. The van der Waals surface area contributed by atoms with Crippen molar-refractivity contribution in [2.24, 2.45) is 0 Å². The number of ether oxygens (including phenoxy) is 2. The van der Waals surface area contributed by atoms with Crippen molar-refractivity contribution in [1.29, 1.82) is 5.26 Å². The van der Waals surface area contributed by atoms with E-state index in [0.29, 0.717) is 35.4 Å². The minimum atomic E-state index is -0.505. The molecular formula is C16H13N3O3S. The van der Waals surface area contributed by atoms with E-state index in [1.807, 2.05) is 6.07 Å². The first kappa shape index (κ1) is 15.1. The van der Waals surface area contributed by atoms with Gasteiger partial charge in [-0.25, -0.2) is 4.98 Å². The van der Waals surface area contributed by atoms with E-state index in [0.717, 1.165) is 6.42 Å². The number of para-hydroxylation sites is 1. The van der Waals surface area contributed by atoms with Gasteiger partial charge in [-0.1, -0.05) is 12.1 Å². The number of nitrogens with zero attached hydrogens (tertiary/aromatic N) is 2. The van der Waals surface area contributed by atoms with Crippen molar-refractivity contribution in [2.45, 2.75) is 6.42 Å². The van der Waals surface area contributed by atoms with Crippen LogP contribution in [0.3, 0.4) is 0 Å². The molecule has 0 saturated carbocycles. The smallest absolute Gasteiger partial charge is 0.268 e. The second-order valence-electron chi connectivity index (χ2n) is 4.69. The van der Waals surface area contributed by atoms with Crippen molar-refractivity contribution in [3.63, 3.8) is 0 Å². The Morgan fingerprint density at radius 2 is 2.26 bits per heavy atom. The maximum absolute atomic E-state index is 12.2. The van der Waals surface area contributed by atoms with Crippen LogP contribution >= 0.6 is 11.3 Å². The van der Waals surface area contributed by atoms with E-state index in [1.54, 1.807) is 29.8 Å². The molecule has 0 bridgehead atoms. The molecular weight excluding hydrogens is 314 g/mol. The Morgan fingerprint density at radius 1 is 1.39 bits per heavy atom. The molecule has 0 radical (unpaired) electrons. The number of fused-ring (bicyclic) bond motifs is 1. The van der Waals surface area contributed by atoms with E-state index < -0.39 is 5.91 Å². The van der Waals surface area contributed by atoms with Gasteiger partial charge in [-0.05, 0) is 12.1 Å². The molecule has 1 amide bonds. The van der Waals surface area contributed by atoms with E-state index >= 15 is 0 Å². The number of carbonyl (C=O) groups excluding carboxylic acids is 1. The number of aromatic nitrogens is 1. The number of carbonyl (C=O) groups is 1. The van der Waals surface area contributed by atoms with E-state index in [1.165, 1.54) is 17.4 Å². The van der Waals surface area contributed by atoms with Gasteiger partial charge in [-0.3, -0.25) is 10.1 Å². The summed E-state index contributed by atoms with van der Waals surface area (Å²) in [6.07, 6.45) is 3.86. The van der Waals surface area contributed by atoms with Gasteiger partial charge in [0, 0.05) is 23.6 Å². The minimum Gasteiger partial charge on any atom is -0.490 e. The highest BCUT2D eigenvalue weighted by Gasteiger charge is 2.16. The maximum Gasteiger partial charge on any atom is 0.268 e. The summed E-state index contributed by atoms with van der Waals surface area (Å²) in [6.45, 7) is 1.11. The average Bonchev–Trinajstić information content (AvgIpc) is 2.94. The third kappa shape index (κ3) is 3.49. The van der Waals surface area contributed by atoms with Crippen LogP contribution in [-0.2, 0) is 4.79 Å². The van der Waals surface area contributed by atoms with Crippen LogP contribution in [0.4, 0.5) is 5.13 Å². The van der Waals surface area contributed by atoms with Crippen LogP contribution in [0, 0.1) is 11.3 Å². The summed E-state index contributed by atoms with van der Waals surface area (Å²) >= 11 is 1.29. The zero-order valence-corrected chi connectivity index (χ0v) is 12.9. The van der Waals surface area contributed by atoms with Crippen LogP contribution < -0.4 is 14.8 Å². The molecule has 2 aromatic rings. The van der Waals surface area contributed by atoms with Gasteiger partial charge in [0.05, 0.1) is 13.2 Å². The van der Waals surface area contributed by atoms with E-state index in [2.05, 4.69) is 10.3 Å². The summed E-state index contributed by atoms with van der Waals surface area (Å²) in [5, 5.41) is 14.1. The monoisotopic (exact) mass is 327 g/mol. The van der Waals surface area contributed by atoms with Crippen molar-refractivity contribution in [3.05, 3.63) is 40.9 Å². The summed E-state index contributed by atoms with van der Waals surface area (Å²) in [6, 6.07) is 7.30. The van der Waals surface area contributed by atoms with Crippen LogP contribution in [0.1, 0.15) is 12.0 Å². The molecule has 1 N–H and O–H groups in total. The molecule has 3 rings (SSSR count). The zero-order chi connectivity index (χ0) is 16.1. The first-order valence-electron chi connectivity index (χ1n) is 6.99. The summed E-state index contributed by atoms with van der Waals surface area (Å²) < 4.78 is 11.3. The lowest BCUT2D eigenvalue weighted by Crippen LogP contribution is -2.13. The second kappa shape index (κ2) is 6.94. The Balaban J connectivity index is 1.89. The van der Waals surface area contributed by atoms with Crippen LogP contribution in [0.25, 0.3) is 6.08 Å². The summed E-state index contributed by atoms with van der Waals surface area (Å²) in [5.41, 5.74) is 0.608.